The first kappa shape index (κ1) is 15.2. The van der Waals surface area contributed by atoms with Gasteiger partial charge in [-0.2, -0.15) is 5.10 Å². The SMILES string of the molecule is CCC(CCN)CCc1nc(C(C)(C)C)nn1C. The molecule has 0 saturated carbocycles. The fraction of sp³-hybridized carbons (Fsp3) is 0.857. The molecule has 0 saturated heterocycles. The molecule has 0 spiro atoms. The zero-order valence-electron chi connectivity index (χ0n) is 12.5. The number of nitrogens with two attached hydrogens (primary N) is 1. The summed E-state index contributed by atoms with van der Waals surface area (Å²) in [6.45, 7) is 9.46. The predicted molar refractivity (Wildman–Crippen MR) is 75.5 cm³/mol. The van der Waals surface area contributed by atoms with Crippen LogP contribution >= 0.6 is 0 Å². The summed E-state index contributed by atoms with van der Waals surface area (Å²) in [5.41, 5.74) is 5.66. The van der Waals surface area contributed by atoms with E-state index in [0.29, 0.717) is 5.92 Å². The lowest BCUT2D eigenvalue weighted by Gasteiger charge is -2.13. The topological polar surface area (TPSA) is 56.7 Å². The van der Waals surface area contributed by atoms with Crippen molar-refractivity contribution in [3.05, 3.63) is 11.6 Å². The average Bonchev–Trinajstić information content (AvgIpc) is 2.66. The molecule has 1 aromatic heterocycles. The molecule has 1 rings (SSSR count). The smallest absolute Gasteiger partial charge is 0.156 e. The highest BCUT2D eigenvalue weighted by Crippen LogP contribution is 2.20. The summed E-state index contributed by atoms with van der Waals surface area (Å²) in [5, 5.41) is 4.51. The van der Waals surface area contributed by atoms with Crippen LogP contribution in [0.5, 0.6) is 0 Å². The van der Waals surface area contributed by atoms with E-state index in [1.165, 1.54) is 6.42 Å². The van der Waals surface area contributed by atoms with Gasteiger partial charge in [0.05, 0.1) is 0 Å². The van der Waals surface area contributed by atoms with Crippen LogP contribution in [0.25, 0.3) is 0 Å². The van der Waals surface area contributed by atoms with Crippen LogP contribution in [0.2, 0.25) is 0 Å². The Balaban J connectivity index is 2.65. The van der Waals surface area contributed by atoms with Crippen molar-refractivity contribution >= 4 is 0 Å². The second-order valence-corrected chi connectivity index (χ2v) is 6.12. The third kappa shape index (κ3) is 4.09. The third-order valence-electron chi connectivity index (χ3n) is 3.45. The Labute approximate surface area is 111 Å². The first-order valence-corrected chi connectivity index (χ1v) is 6.99. The van der Waals surface area contributed by atoms with Crippen molar-refractivity contribution in [3.63, 3.8) is 0 Å². The van der Waals surface area contributed by atoms with Crippen LogP contribution in [0.15, 0.2) is 0 Å². The van der Waals surface area contributed by atoms with Gasteiger partial charge in [-0.15, -0.1) is 0 Å². The van der Waals surface area contributed by atoms with Crippen molar-refractivity contribution in [1.29, 1.82) is 0 Å². The summed E-state index contributed by atoms with van der Waals surface area (Å²) < 4.78 is 1.93. The maximum Gasteiger partial charge on any atom is 0.156 e. The summed E-state index contributed by atoms with van der Waals surface area (Å²) in [6, 6.07) is 0. The summed E-state index contributed by atoms with van der Waals surface area (Å²) in [7, 11) is 1.99. The first-order valence-electron chi connectivity index (χ1n) is 6.99. The van der Waals surface area contributed by atoms with Crippen LogP contribution in [-0.2, 0) is 18.9 Å². The molecule has 0 aromatic carbocycles. The maximum absolute atomic E-state index is 5.63. The fourth-order valence-corrected chi connectivity index (χ4v) is 2.07. The van der Waals surface area contributed by atoms with Gasteiger partial charge in [0.2, 0.25) is 0 Å². The van der Waals surface area contributed by atoms with Crippen LogP contribution in [-0.4, -0.2) is 21.3 Å². The molecule has 0 aliphatic rings. The van der Waals surface area contributed by atoms with Crippen molar-refractivity contribution in [3.8, 4) is 0 Å². The van der Waals surface area contributed by atoms with E-state index in [2.05, 4.69) is 37.8 Å². The highest BCUT2D eigenvalue weighted by molar-refractivity contribution is 5.03. The van der Waals surface area contributed by atoms with Crippen molar-refractivity contribution in [2.24, 2.45) is 18.7 Å². The second kappa shape index (κ2) is 6.32. The standard InChI is InChI=1S/C14H28N4/c1-6-11(9-10-15)7-8-12-16-13(14(2,3)4)17-18(12)5/h11H,6-10,15H2,1-5H3. The van der Waals surface area contributed by atoms with E-state index in [-0.39, 0.29) is 5.41 Å². The molecule has 1 atom stereocenters. The molecule has 18 heavy (non-hydrogen) atoms. The summed E-state index contributed by atoms with van der Waals surface area (Å²) in [6.07, 6.45) is 4.46. The molecule has 0 radical (unpaired) electrons. The monoisotopic (exact) mass is 252 g/mol. The van der Waals surface area contributed by atoms with Gasteiger partial charge >= 0.3 is 0 Å². The molecular weight excluding hydrogens is 224 g/mol. The lowest BCUT2D eigenvalue weighted by molar-refractivity contribution is 0.435. The van der Waals surface area contributed by atoms with E-state index >= 15 is 0 Å². The molecule has 0 bridgehead atoms. The van der Waals surface area contributed by atoms with Gasteiger partial charge < -0.3 is 5.73 Å². The van der Waals surface area contributed by atoms with Crippen molar-refractivity contribution in [2.45, 2.75) is 58.8 Å². The third-order valence-corrected chi connectivity index (χ3v) is 3.45. The Hall–Kier alpha value is -0.900. The minimum atomic E-state index is 0.0252. The average molecular weight is 252 g/mol. The Morgan fingerprint density at radius 3 is 2.39 bits per heavy atom. The zero-order chi connectivity index (χ0) is 13.8. The number of hydrogen-bond acceptors (Lipinski definition) is 3. The number of aromatic nitrogens is 3. The summed E-state index contributed by atoms with van der Waals surface area (Å²) in [5.74, 6) is 2.74. The molecule has 0 aliphatic heterocycles. The number of hydrogen-bond donors (Lipinski definition) is 1. The first-order chi connectivity index (χ1) is 8.38. The molecule has 104 valence electrons. The van der Waals surface area contributed by atoms with Gasteiger partial charge in [0.1, 0.15) is 5.82 Å². The molecule has 1 heterocycles. The molecule has 1 aromatic rings. The van der Waals surface area contributed by atoms with Crippen molar-refractivity contribution in [1.82, 2.24) is 14.8 Å². The maximum atomic E-state index is 5.63. The van der Waals surface area contributed by atoms with E-state index in [4.69, 9.17) is 5.73 Å². The molecule has 0 fully saturated rings. The van der Waals surface area contributed by atoms with Crippen LogP contribution in [0.1, 0.15) is 58.6 Å². The summed E-state index contributed by atoms with van der Waals surface area (Å²) >= 11 is 0. The molecule has 1 unspecified atom stereocenters. The Bertz CT molecular complexity index is 362. The van der Waals surface area contributed by atoms with Gasteiger partial charge in [-0.25, -0.2) is 4.98 Å². The van der Waals surface area contributed by atoms with Gasteiger partial charge in [-0.1, -0.05) is 34.1 Å². The normalized spacial score (nSPS) is 13.9. The van der Waals surface area contributed by atoms with Gasteiger partial charge in [0.15, 0.2) is 5.82 Å². The van der Waals surface area contributed by atoms with E-state index in [9.17, 15) is 0 Å². The van der Waals surface area contributed by atoms with E-state index < -0.39 is 0 Å². The quantitative estimate of drug-likeness (QED) is 0.846. The highest BCUT2D eigenvalue weighted by atomic mass is 15.3. The van der Waals surface area contributed by atoms with Crippen LogP contribution in [0.4, 0.5) is 0 Å². The van der Waals surface area contributed by atoms with E-state index in [1.54, 1.807) is 0 Å². The lowest BCUT2D eigenvalue weighted by atomic mass is 9.95. The van der Waals surface area contributed by atoms with Crippen LogP contribution in [0, 0.1) is 5.92 Å². The predicted octanol–water partition coefficient (Wildman–Crippen LogP) is 2.42. The molecule has 2 N–H and O–H groups in total. The van der Waals surface area contributed by atoms with Gasteiger partial charge in [-0.3, -0.25) is 4.68 Å². The van der Waals surface area contributed by atoms with Crippen LogP contribution < -0.4 is 5.73 Å². The number of nitrogens with zero attached hydrogens (tertiary/aromatic N) is 3. The number of aryl methyl sites for hydroxylation is 2. The van der Waals surface area contributed by atoms with E-state index in [1.807, 2.05) is 11.7 Å². The van der Waals surface area contributed by atoms with Crippen LogP contribution in [0.3, 0.4) is 0 Å². The van der Waals surface area contributed by atoms with Gasteiger partial charge in [0, 0.05) is 18.9 Å². The van der Waals surface area contributed by atoms with Crippen molar-refractivity contribution in [2.75, 3.05) is 6.54 Å². The highest BCUT2D eigenvalue weighted by Gasteiger charge is 2.21. The summed E-state index contributed by atoms with van der Waals surface area (Å²) in [4.78, 5) is 4.67. The molecular formula is C14H28N4. The zero-order valence-corrected chi connectivity index (χ0v) is 12.5. The molecule has 4 nitrogen and oxygen atoms in total. The molecule has 0 aliphatic carbocycles. The Morgan fingerprint density at radius 1 is 1.28 bits per heavy atom. The minimum absolute atomic E-state index is 0.0252. The van der Waals surface area contributed by atoms with E-state index in [0.717, 1.165) is 37.5 Å². The number of rotatable bonds is 6. The molecule has 4 heteroatoms. The Morgan fingerprint density at radius 2 is 1.94 bits per heavy atom. The molecule has 0 amide bonds. The van der Waals surface area contributed by atoms with Gasteiger partial charge in [-0.05, 0) is 25.3 Å². The second-order valence-electron chi connectivity index (χ2n) is 6.12. The Kier molecular flexibility index (Phi) is 5.32. The van der Waals surface area contributed by atoms with Crippen molar-refractivity contribution < 1.29 is 0 Å². The largest absolute Gasteiger partial charge is 0.330 e. The lowest BCUT2D eigenvalue weighted by Crippen LogP contribution is -2.13. The minimum Gasteiger partial charge on any atom is -0.330 e. The fourth-order valence-electron chi connectivity index (χ4n) is 2.07. The van der Waals surface area contributed by atoms with Gasteiger partial charge in [0.25, 0.3) is 0 Å².